The first kappa shape index (κ1) is 11.9. The van der Waals surface area contributed by atoms with Crippen LogP contribution in [0.1, 0.15) is 33.2 Å². The normalized spacial score (nSPS) is 13.5. The number of hydrogen-bond acceptors (Lipinski definition) is 2. The van der Waals surface area contributed by atoms with Gasteiger partial charge in [-0.2, -0.15) is 0 Å². The van der Waals surface area contributed by atoms with Gasteiger partial charge in [0.2, 0.25) is 5.95 Å². The summed E-state index contributed by atoms with van der Waals surface area (Å²) < 4.78 is 15.1. The van der Waals surface area contributed by atoms with Gasteiger partial charge in [-0.25, -0.2) is 9.37 Å². The molecule has 0 bridgehead atoms. The summed E-state index contributed by atoms with van der Waals surface area (Å²) in [6, 6.07) is 4.92. The fourth-order valence-electron chi connectivity index (χ4n) is 2.39. The number of aromatic nitrogens is 2. The van der Waals surface area contributed by atoms with Crippen molar-refractivity contribution in [1.29, 1.82) is 0 Å². The second-order valence-electron chi connectivity index (χ2n) is 4.69. The molecule has 0 aliphatic rings. The molecule has 0 amide bonds. The molecule has 17 heavy (non-hydrogen) atoms. The van der Waals surface area contributed by atoms with Crippen molar-refractivity contribution in [2.75, 3.05) is 5.73 Å². The van der Waals surface area contributed by atoms with Crippen LogP contribution in [0.15, 0.2) is 18.2 Å². The molecule has 0 radical (unpaired) electrons. The molecule has 1 aromatic carbocycles. The van der Waals surface area contributed by atoms with Crippen LogP contribution in [-0.4, -0.2) is 9.55 Å². The van der Waals surface area contributed by atoms with Crippen LogP contribution in [0.5, 0.6) is 0 Å². The van der Waals surface area contributed by atoms with Crippen molar-refractivity contribution in [3.63, 3.8) is 0 Å². The number of benzene rings is 1. The van der Waals surface area contributed by atoms with E-state index in [1.807, 2.05) is 4.57 Å². The van der Waals surface area contributed by atoms with Gasteiger partial charge in [-0.15, -0.1) is 0 Å². The molecule has 0 aliphatic heterocycles. The lowest BCUT2D eigenvalue weighted by molar-refractivity contribution is 0.377. The van der Waals surface area contributed by atoms with Crippen LogP contribution >= 0.6 is 0 Å². The maximum absolute atomic E-state index is 13.1. The molecular formula is C13H18FN3. The predicted molar refractivity (Wildman–Crippen MR) is 68.3 cm³/mol. The topological polar surface area (TPSA) is 43.8 Å². The third-order valence-corrected chi connectivity index (χ3v) is 3.20. The summed E-state index contributed by atoms with van der Waals surface area (Å²) in [6.07, 6.45) is 0.977. The Morgan fingerprint density at radius 3 is 2.71 bits per heavy atom. The van der Waals surface area contributed by atoms with Crippen molar-refractivity contribution in [2.45, 2.75) is 33.2 Å². The number of nitrogens with zero attached hydrogens (tertiary/aromatic N) is 2. The Bertz CT molecular complexity index is 531. The van der Waals surface area contributed by atoms with Crippen LogP contribution in [0.2, 0.25) is 0 Å². The van der Waals surface area contributed by atoms with Crippen molar-refractivity contribution in [3.8, 4) is 0 Å². The van der Waals surface area contributed by atoms with E-state index in [-0.39, 0.29) is 5.82 Å². The number of nitrogen functional groups attached to an aromatic ring is 1. The highest BCUT2D eigenvalue weighted by Gasteiger charge is 2.19. The summed E-state index contributed by atoms with van der Waals surface area (Å²) in [4.78, 5) is 4.23. The van der Waals surface area contributed by atoms with Crippen molar-refractivity contribution >= 4 is 17.0 Å². The highest BCUT2D eigenvalue weighted by Crippen LogP contribution is 2.29. The number of rotatable bonds is 3. The minimum Gasteiger partial charge on any atom is -0.369 e. The minimum atomic E-state index is -0.278. The van der Waals surface area contributed by atoms with E-state index in [1.165, 1.54) is 12.1 Å². The first-order valence-corrected chi connectivity index (χ1v) is 5.97. The van der Waals surface area contributed by atoms with E-state index in [9.17, 15) is 4.39 Å². The maximum atomic E-state index is 13.1. The zero-order chi connectivity index (χ0) is 12.6. The standard InChI is InChI=1S/C13H18FN3/c1-4-11(8(2)3)17-12-6-5-9(14)7-10(12)16-13(17)15/h5-8,11H,4H2,1-3H3,(H2,15,16). The SMILES string of the molecule is CCC(C(C)C)n1c(N)nc2cc(F)ccc21. The molecule has 1 unspecified atom stereocenters. The van der Waals surface area contributed by atoms with Crippen molar-refractivity contribution in [2.24, 2.45) is 5.92 Å². The van der Waals surface area contributed by atoms with Crippen molar-refractivity contribution in [3.05, 3.63) is 24.0 Å². The molecule has 1 atom stereocenters. The van der Waals surface area contributed by atoms with Crippen LogP contribution in [0, 0.1) is 11.7 Å². The lowest BCUT2D eigenvalue weighted by Crippen LogP contribution is -2.16. The molecule has 2 rings (SSSR count). The fourth-order valence-corrected chi connectivity index (χ4v) is 2.39. The molecule has 2 aromatic rings. The van der Waals surface area contributed by atoms with Gasteiger partial charge in [-0.1, -0.05) is 20.8 Å². The van der Waals surface area contributed by atoms with E-state index in [0.717, 1.165) is 11.9 Å². The number of fused-ring (bicyclic) bond motifs is 1. The first-order valence-electron chi connectivity index (χ1n) is 5.97. The minimum absolute atomic E-state index is 0.278. The average Bonchev–Trinajstić information content (AvgIpc) is 2.55. The van der Waals surface area contributed by atoms with Gasteiger partial charge in [-0.05, 0) is 24.5 Å². The van der Waals surface area contributed by atoms with Crippen LogP contribution in [0.25, 0.3) is 11.0 Å². The zero-order valence-corrected chi connectivity index (χ0v) is 10.4. The van der Waals surface area contributed by atoms with E-state index in [4.69, 9.17) is 5.73 Å². The summed E-state index contributed by atoms with van der Waals surface area (Å²) in [6.45, 7) is 6.44. The molecule has 0 saturated carbocycles. The van der Waals surface area contributed by atoms with Gasteiger partial charge in [0.05, 0.1) is 11.0 Å². The van der Waals surface area contributed by atoms with Gasteiger partial charge in [0.15, 0.2) is 0 Å². The maximum Gasteiger partial charge on any atom is 0.201 e. The molecule has 4 heteroatoms. The Balaban J connectivity index is 2.63. The van der Waals surface area contributed by atoms with Gasteiger partial charge in [0.1, 0.15) is 5.82 Å². The van der Waals surface area contributed by atoms with Gasteiger partial charge >= 0.3 is 0 Å². The number of anilines is 1. The zero-order valence-electron chi connectivity index (χ0n) is 10.4. The number of nitrogens with two attached hydrogens (primary N) is 1. The number of halogens is 1. The van der Waals surface area contributed by atoms with Crippen LogP contribution in [0.4, 0.5) is 10.3 Å². The Morgan fingerprint density at radius 1 is 1.41 bits per heavy atom. The second-order valence-corrected chi connectivity index (χ2v) is 4.69. The second kappa shape index (κ2) is 4.35. The monoisotopic (exact) mass is 235 g/mol. The molecule has 0 saturated heterocycles. The predicted octanol–water partition coefficient (Wildman–Crippen LogP) is 3.36. The number of hydrogen-bond donors (Lipinski definition) is 1. The van der Waals surface area contributed by atoms with E-state index in [0.29, 0.717) is 23.4 Å². The van der Waals surface area contributed by atoms with Crippen LogP contribution in [-0.2, 0) is 0 Å². The highest BCUT2D eigenvalue weighted by molar-refractivity contribution is 5.78. The molecule has 2 N–H and O–H groups in total. The Morgan fingerprint density at radius 2 is 2.12 bits per heavy atom. The van der Waals surface area contributed by atoms with Gasteiger partial charge in [-0.3, -0.25) is 0 Å². The summed E-state index contributed by atoms with van der Waals surface area (Å²) in [5, 5.41) is 0. The largest absolute Gasteiger partial charge is 0.369 e. The lowest BCUT2D eigenvalue weighted by Gasteiger charge is -2.22. The van der Waals surface area contributed by atoms with E-state index >= 15 is 0 Å². The summed E-state index contributed by atoms with van der Waals surface area (Å²) >= 11 is 0. The van der Waals surface area contributed by atoms with Crippen LogP contribution < -0.4 is 5.73 Å². The van der Waals surface area contributed by atoms with E-state index < -0.39 is 0 Å². The Labute approximate surface area is 100 Å². The third-order valence-electron chi connectivity index (χ3n) is 3.20. The van der Waals surface area contributed by atoms with Gasteiger partial charge < -0.3 is 10.3 Å². The van der Waals surface area contributed by atoms with Crippen LogP contribution in [0.3, 0.4) is 0 Å². The third kappa shape index (κ3) is 1.99. The van der Waals surface area contributed by atoms with Crippen molar-refractivity contribution in [1.82, 2.24) is 9.55 Å². The smallest absolute Gasteiger partial charge is 0.201 e. The van der Waals surface area contributed by atoms with Crippen molar-refractivity contribution < 1.29 is 4.39 Å². The molecular weight excluding hydrogens is 217 g/mol. The molecule has 0 fully saturated rings. The Hall–Kier alpha value is -1.58. The quantitative estimate of drug-likeness (QED) is 0.886. The fraction of sp³-hybridized carbons (Fsp3) is 0.462. The molecule has 1 heterocycles. The first-order chi connectivity index (χ1) is 8.04. The summed E-state index contributed by atoms with van der Waals surface area (Å²) in [5.74, 6) is 0.649. The highest BCUT2D eigenvalue weighted by atomic mass is 19.1. The molecule has 0 aliphatic carbocycles. The molecule has 1 aromatic heterocycles. The molecule has 0 spiro atoms. The molecule has 92 valence electrons. The summed E-state index contributed by atoms with van der Waals surface area (Å²) in [5.41, 5.74) is 7.48. The molecule has 3 nitrogen and oxygen atoms in total. The average molecular weight is 235 g/mol. The lowest BCUT2D eigenvalue weighted by atomic mass is 10.0. The van der Waals surface area contributed by atoms with E-state index in [2.05, 4.69) is 25.8 Å². The number of imidazole rings is 1. The summed E-state index contributed by atoms with van der Waals surface area (Å²) in [7, 11) is 0. The van der Waals surface area contributed by atoms with E-state index in [1.54, 1.807) is 6.07 Å². The van der Waals surface area contributed by atoms with Gasteiger partial charge in [0.25, 0.3) is 0 Å². The van der Waals surface area contributed by atoms with Gasteiger partial charge in [0, 0.05) is 12.1 Å². The Kier molecular flexibility index (Phi) is 3.05.